The van der Waals surface area contributed by atoms with Gasteiger partial charge in [0.15, 0.2) is 17.3 Å². The van der Waals surface area contributed by atoms with Gasteiger partial charge in [-0.25, -0.2) is 4.79 Å². The van der Waals surface area contributed by atoms with Crippen LogP contribution in [0.25, 0.3) is 0 Å². The molecule has 0 saturated carbocycles. The molecule has 10 heteroatoms. The Bertz CT molecular complexity index is 951. The Morgan fingerprint density at radius 3 is 2.13 bits per heavy atom. The van der Waals surface area contributed by atoms with Crippen molar-refractivity contribution in [3.63, 3.8) is 0 Å². The van der Waals surface area contributed by atoms with Gasteiger partial charge in [0.2, 0.25) is 0 Å². The van der Waals surface area contributed by atoms with Gasteiger partial charge in [0.1, 0.15) is 5.60 Å². The van der Waals surface area contributed by atoms with E-state index in [1.165, 1.54) is 17.0 Å². The maximum Gasteiger partial charge on any atom is 0.435 e. The molecule has 166 valence electrons. The number of nitrogens with zero attached hydrogens (tertiary/aromatic N) is 4. The third kappa shape index (κ3) is 5.50. The van der Waals surface area contributed by atoms with E-state index in [0.717, 1.165) is 6.07 Å². The molecule has 0 radical (unpaired) electrons. The number of anilines is 1. The third-order valence-corrected chi connectivity index (χ3v) is 4.59. The van der Waals surface area contributed by atoms with Crippen LogP contribution in [0.1, 0.15) is 42.4 Å². The van der Waals surface area contributed by atoms with Gasteiger partial charge in [0.05, 0.1) is 5.56 Å². The molecule has 1 aromatic heterocycles. The zero-order valence-corrected chi connectivity index (χ0v) is 17.4. The Morgan fingerprint density at radius 1 is 0.968 bits per heavy atom. The van der Waals surface area contributed by atoms with E-state index < -0.39 is 34.9 Å². The summed E-state index contributed by atoms with van der Waals surface area (Å²) >= 11 is 0. The largest absolute Gasteiger partial charge is 0.444 e. The standard InChI is InChI=1S/C21H23F3N4O3/c1-20(2,3)31-19(30)28-11-9-27(10-12-28)16-13-15(18(26-25-16)21(22,23)24)17(29)14-7-5-4-6-8-14/h4-8,13H,9-12H2,1-3H3. The molecule has 2 heterocycles. The summed E-state index contributed by atoms with van der Waals surface area (Å²) in [6, 6.07) is 8.83. The average molecular weight is 436 g/mol. The first kappa shape index (κ1) is 22.5. The minimum atomic E-state index is -4.82. The van der Waals surface area contributed by atoms with Crippen molar-refractivity contribution < 1.29 is 27.5 Å². The smallest absolute Gasteiger partial charge is 0.435 e. The molecule has 1 saturated heterocycles. The molecule has 1 aliphatic rings. The van der Waals surface area contributed by atoms with Gasteiger partial charge in [-0.3, -0.25) is 4.79 Å². The number of hydrogen-bond acceptors (Lipinski definition) is 6. The summed E-state index contributed by atoms with van der Waals surface area (Å²) in [6.07, 6.45) is -5.27. The van der Waals surface area contributed by atoms with Crippen LogP contribution in [0.5, 0.6) is 0 Å². The van der Waals surface area contributed by atoms with Crippen LogP contribution in [-0.2, 0) is 10.9 Å². The van der Waals surface area contributed by atoms with Crippen LogP contribution in [0.3, 0.4) is 0 Å². The first-order chi connectivity index (χ1) is 14.5. The minimum Gasteiger partial charge on any atom is -0.444 e. The SMILES string of the molecule is CC(C)(C)OC(=O)N1CCN(c2cc(C(=O)c3ccccc3)c(C(F)(F)F)nn2)CC1. The molecule has 0 N–H and O–H groups in total. The number of benzene rings is 1. The molecule has 0 spiro atoms. The first-order valence-electron chi connectivity index (χ1n) is 9.73. The number of hydrogen-bond donors (Lipinski definition) is 0. The van der Waals surface area contributed by atoms with E-state index in [9.17, 15) is 22.8 Å². The summed E-state index contributed by atoms with van der Waals surface area (Å²) in [7, 11) is 0. The second kappa shape index (κ2) is 8.52. The summed E-state index contributed by atoms with van der Waals surface area (Å²) in [6.45, 7) is 6.55. The van der Waals surface area contributed by atoms with E-state index in [0.29, 0.717) is 26.2 Å². The van der Waals surface area contributed by atoms with E-state index in [1.54, 1.807) is 43.9 Å². The van der Waals surface area contributed by atoms with Crippen molar-refractivity contribution >= 4 is 17.7 Å². The molecular formula is C21H23F3N4O3. The van der Waals surface area contributed by atoms with E-state index in [2.05, 4.69) is 10.2 Å². The predicted molar refractivity (Wildman–Crippen MR) is 107 cm³/mol. The normalized spacial score (nSPS) is 15.0. The fourth-order valence-corrected chi connectivity index (χ4v) is 3.11. The molecule has 0 bridgehead atoms. The lowest BCUT2D eigenvalue weighted by molar-refractivity contribution is -0.142. The molecule has 2 aromatic rings. The van der Waals surface area contributed by atoms with Gasteiger partial charge < -0.3 is 14.5 Å². The molecule has 1 aliphatic heterocycles. The van der Waals surface area contributed by atoms with Gasteiger partial charge in [-0.05, 0) is 26.8 Å². The van der Waals surface area contributed by atoms with Crippen molar-refractivity contribution in [2.45, 2.75) is 32.5 Å². The lowest BCUT2D eigenvalue weighted by atomic mass is 10.0. The maximum atomic E-state index is 13.4. The fourth-order valence-electron chi connectivity index (χ4n) is 3.11. The van der Waals surface area contributed by atoms with Crippen molar-refractivity contribution in [1.82, 2.24) is 15.1 Å². The average Bonchev–Trinajstić information content (AvgIpc) is 2.71. The van der Waals surface area contributed by atoms with Gasteiger partial charge in [-0.15, -0.1) is 10.2 Å². The Balaban J connectivity index is 1.82. The number of amides is 1. The minimum absolute atomic E-state index is 0.127. The molecule has 0 aliphatic carbocycles. The van der Waals surface area contributed by atoms with Crippen LogP contribution in [-0.4, -0.2) is 58.8 Å². The number of ether oxygens (including phenoxy) is 1. The first-order valence-corrected chi connectivity index (χ1v) is 9.73. The highest BCUT2D eigenvalue weighted by atomic mass is 19.4. The summed E-state index contributed by atoms with van der Waals surface area (Å²) in [5.74, 6) is -0.632. The summed E-state index contributed by atoms with van der Waals surface area (Å²) in [5, 5.41) is 7.04. The molecular weight excluding hydrogens is 413 g/mol. The topological polar surface area (TPSA) is 75.6 Å². The van der Waals surface area contributed by atoms with Crippen LogP contribution in [0.2, 0.25) is 0 Å². The monoisotopic (exact) mass is 436 g/mol. The fraction of sp³-hybridized carbons (Fsp3) is 0.429. The summed E-state index contributed by atoms with van der Waals surface area (Å²) in [4.78, 5) is 28.2. The molecule has 1 fully saturated rings. The van der Waals surface area contributed by atoms with Crippen molar-refractivity contribution in [2.24, 2.45) is 0 Å². The Morgan fingerprint density at radius 2 is 1.58 bits per heavy atom. The number of ketones is 1. The molecule has 0 unspecified atom stereocenters. The van der Waals surface area contributed by atoms with Crippen LogP contribution >= 0.6 is 0 Å². The quantitative estimate of drug-likeness (QED) is 0.682. The van der Waals surface area contributed by atoms with Crippen LogP contribution in [0.4, 0.5) is 23.8 Å². The van der Waals surface area contributed by atoms with Crippen molar-refractivity contribution in [1.29, 1.82) is 0 Å². The Hall–Kier alpha value is -3.17. The Kier molecular flexibility index (Phi) is 6.19. The highest BCUT2D eigenvalue weighted by molar-refractivity contribution is 6.10. The number of piperazine rings is 1. The van der Waals surface area contributed by atoms with Gasteiger partial charge in [-0.1, -0.05) is 30.3 Å². The predicted octanol–water partition coefficient (Wildman–Crippen LogP) is 3.78. The van der Waals surface area contributed by atoms with Crippen LogP contribution < -0.4 is 4.90 Å². The highest BCUT2D eigenvalue weighted by Gasteiger charge is 2.39. The molecule has 0 atom stereocenters. The van der Waals surface area contributed by atoms with Crippen molar-refractivity contribution in [3.8, 4) is 0 Å². The van der Waals surface area contributed by atoms with Gasteiger partial charge in [-0.2, -0.15) is 13.2 Å². The molecule has 1 amide bonds. The van der Waals surface area contributed by atoms with Crippen LogP contribution in [0.15, 0.2) is 36.4 Å². The van der Waals surface area contributed by atoms with Crippen molar-refractivity contribution in [2.75, 3.05) is 31.1 Å². The molecule has 1 aromatic carbocycles. The van der Waals surface area contributed by atoms with Gasteiger partial charge in [0, 0.05) is 31.7 Å². The van der Waals surface area contributed by atoms with E-state index in [1.807, 2.05) is 0 Å². The number of halogens is 3. The number of aromatic nitrogens is 2. The zero-order valence-electron chi connectivity index (χ0n) is 17.4. The molecule has 7 nitrogen and oxygen atoms in total. The molecule has 31 heavy (non-hydrogen) atoms. The highest BCUT2D eigenvalue weighted by Crippen LogP contribution is 2.32. The van der Waals surface area contributed by atoms with Crippen molar-refractivity contribution in [3.05, 3.63) is 53.2 Å². The molecule has 3 rings (SSSR count). The lowest BCUT2D eigenvalue weighted by Crippen LogP contribution is -2.50. The number of carbonyl (C=O) groups is 2. The second-order valence-electron chi connectivity index (χ2n) is 8.11. The number of alkyl halides is 3. The number of rotatable bonds is 3. The third-order valence-electron chi connectivity index (χ3n) is 4.59. The van der Waals surface area contributed by atoms with Gasteiger partial charge >= 0.3 is 12.3 Å². The Labute approximate surface area is 177 Å². The second-order valence-corrected chi connectivity index (χ2v) is 8.11. The lowest BCUT2D eigenvalue weighted by Gasteiger charge is -2.36. The van der Waals surface area contributed by atoms with Crippen LogP contribution in [0, 0.1) is 0 Å². The van der Waals surface area contributed by atoms with Gasteiger partial charge in [0.25, 0.3) is 0 Å². The summed E-state index contributed by atoms with van der Waals surface area (Å²) < 4.78 is 45.7. The summed E-state index contributed by atoms with van der Waals surface area (Å²) in [5.41, 5.74) is -2.38. The zero-order chi connectivity index (χ0) is 22.8. The van der Waals surface area contributed by atoms with E-state index in [-0.39, 0.29) is 11.4 Å². The number of carbonyl (C=O) groups excluding carboxylic acids is 2. The van der Waals surface area contributed by atoms with E-state index in [4.69, 9.17) is 4.74 Å². The maximum absolute atomic E-state index is 13.4. The van der Waals surface area contributed by atoms with E-state index >= 15 is 0 Å².